The van der Waals surface area contributed by atoms with E-state index in [0.29, 0.717) is 19.4 Å². The molecule has 5 nitrogen and oxygen atoms in total. The summed E-state index contributed by atoms with van der Waals surface area (Å²) < 4.78 is 26.5. The van der Waals surface area contributed by atoms with E-state index >= 15 is 0 Å². The molecule has 8 heteroatoms. The van der Waals surface area contributed by atoms with Crippen molar-refractivity contribution in [2.75, 3.05) is 11.9 Å². The van der Waals surface area contributed by atoms with E-state index in [0.717, 1.165) is 60.3 Å². The van der Waals surface area contributed by atoms with Crippen molar-refractivity contribution in [3.05, 3.63) is 59.2 Å². The second-order valence-corrected chi connectivity index (χ2v) is 11.3. The van der Waals surface area contributed by atoms with Crippen molar-refractivity contribution in [1.29, 1.82) is 0 Å². The van der Waals surface area contributed by atoms with Crippen LogP contribution in [-0.2, 0) is 17.6 Å². The van der Waals surface area contributed by atoms with E-state index in [4.69, 9.17) is 0 Å². The number of carbonyl (C=O) groups is 2. The summed E-state index contributed by atoms with van der Waals surface area (Å²) in [5, 5.41) is 12.1. The average molecular weight is 505 g/mol. The maximum Gasteiger partial charge on any atom is 0.322 e. The lowest BCUT2D eigenvalue weighted by Gasteiger charge is -2.29. The molecule has 0 heterocycles. The summed E-state index contributed by atoms with van der Waals surface area (Å²) in [7, 11) is 0. The minimum atomic E-state index is -0.949. The number of benzene rings is 2. The first kappa shape index (κ1) is 27.0. The van der Waals surface area contributed by atoms with Gasteiger partial charge in [0.2, 0.25) is 0 Å². The van der Waals surface area contributed by atoms with Crippen molar-refractivity contribution in [2.24, 2.45) is 0 Å². The highest BCUT2D eigenvalue weighted by atomic mass is 32.2. The third kappa shape index (κ3) is 7.19. The monoisotopic (exact) mass is 504 g/mol. The number of fused-ring (bicyclic) bond motifs is 1. The molecule has 35 heavy (non-hydrogen) atoms. The summed E-state index contributed by atoms with van der Waals surface area (Å²) in [6.45, 7) is 6.05. The van der Waals surface area contributed by atoms with E-state index in [2.05, 4.69) is 12.2 Å². The van der Waals surface area contributed by atoms with Crippen LogP contribution in [0.3, 0.4) is 0 Å². The molecular formula is C27H34F2N2O3S. The molecule has 0 radical (unpaired) electrons. The highest BCUT2D eigenvalue weighted by molar-refractivity contribution is 8.01. The zero-order valence-electron chi connectivity index (χ0n) is 20.6. The SMILES string of the molecule is CCCCCCCN(C(=O)Nc1ccc(F)cc1F)C1Cc2ccc(SC(C)(C)C(=O)O)cc2C1. The predicted octanol–water partition coefficient (Wildman–Crippen LogP) is 6.89. The fourth-order valence-electron chi connectivity index (χ4n) is 4.31. The number of thioether (sulfide) groups is 1. The molecule has 1 atom stereocenters. The Hall–Kier alpha value is -2.61. The molecule has 3 rings (SSSR count). The zero-order valence-corrected chi connectivity index (χ0v) is 21.4. The van der Waals surface area contributed by atoms with Crippen LogP contribution in [0.5, 0.6) is 0 Å². The number of rotatable bonds is 11. The Morgan fingerprint density at radius 3 is 2.46 bits per heavy atom. The van der Waals surface area contributed by atoms with Crippen molar-refractivity contribution in [3.8, 4) is 0 Å². The van der Waals surface area contributed by atoms with Crippen LogP contribution in [0.1, 0.15) is 64.0 Å². The fourth-order valence-corrected chi connectivity index (χ4v) is 5.32. The standard InChI is InChI=1S/C27H34F2N2O3S/c1-4-5-6-7-8-13-31(26(34)30-24-12-10-20(28)17-23(24)29)21-14-18-9-11-22(16-19(18)15-21)35-27(2,3)25(32)33/h9-12,16-17,21H,4-8,13-15H2,1-3H3,(H,30,34)(H,32,33). The summed E-state index contributed by atoms with van der Waals surface area (Å²) in [6, 6.07) is 8.58. The number of amides is 2. The van der Waals surface area contributed by atoms with E-state index in [-0.39, 0.29) is 11.7 Å². The predicted molar refractivity (Wildman–Crippen MR) is 136 cm³/mol. The minimum absolute atomic E-state index is 0.0440. The molecule has 0 bridgehead atoms. The smallest absolute Gasteiger partial charge is 0.322 e. The molecule has 1 aliphatic carbocycles. The van der Waals surface area contributed by atoms with E-state index in [1.807, 2.05) is 18.2 Å². The second-order valence-electron chi connectivity index (χ2n) is 9.57. The van der Waals surface area contributed by atoms with Crippen LogP contribution < -0.4 is 5.32 Å². The molecule has 1 aliphatic rings. The Bertz CT molecular complexity index is 1060. The van der Waals surface area contributed by atoms with Crippen LogP contribution in [0.2, 0.25) is 0 Å². The molecular weight excluding hydrogens is 470 g/mol. The molecule has 190 valence electrons. The third-order valence-corrected chi connectivity index (χ3v) is 7.53. The highest BCUT2D eigenvalue weighted by Crippen LogP contribution is 2.36. The molecule has 2 aromatic rings. The van der Waals surface area contributed by atoms with Crippen molar-refractivity contribution in [1.82, 2.24) is 4.90 Å². The van der Waals surface area contributed by atoms with Crippen LogP contribution in [-0.4, -0.2) is 39.3 Å². The van der Waals surface area contributed by atoms with Gasteiger partial charge in [-0.2, -0.15) is 0 Å². The fraction of sp³-hybridized carbons (Fsp3) is 0.481. The molecule has 0 spiro atoms. The van der Waals surface area contributed by atoms with Gasteiger partial charge in [0, 0.05) is 23.5 Å². The first-order chi connectivity index (χ1) is 16.6. The van der Waals surface area contributed by atoms with Gasteiger partial charge < -0.3 is 15.3 Å². The summed E-state index contributed by atoms with van der Waals surface area (Å²) in [5.41, 5.74) is 2.18. The van der Waals surface area contributed by atoms with Crippen LogP contribution in [0.4, 0.5) is 19.3 Å². The van der Waals surface area contributed by atoms with E-state index < -0.39 is 28.4 Å². The van der Waals surface area contributed by atoms with Gasteiger partial charge in [-0.05, 0) is 68.5 Å². The lowest BCUT2D eigenvalue weighted by molar-refractivity contribution is -0.138. The van der Waals surface area contributed by atoms with Gasteiger partial charge >= 0.3 is 12.0 Å². The number of aliphatic carboxylic acids is 1. The normalized spacial score (nSPS) is 15.1. The van der Waals surface area contributed by atoms with Crippen molar-refractivity contribution in [3.63, 3.8) is 0 Å². The van der Waals surface area contributed by atoms with E-state index in [1.54, 1.807) is 18.7 Å². The lowest BCUT2D eigenvalue weighted by atomic mass is 10.1. The molecule has 2 aromatic carbocycles. The maximum absolute atomic E-state index is 14.2. The molecule has 0 aliphatic heterocycles. The van der Waals surface area contributed by atoms with Gasteiger partial charge in [-0.3, -0.25) is 4.79 Å². The Morgan fingerprint density at radius 1 is 1.06 bits per heavy atom. The van der Waals surface area contributed by atoms with Gasteiger partial charge in [0.15, 0.2) is 0 Å². The van der Waals surface area contributed by atoms with E-state index in [1.165, 1.54) is 17.8 Å². The first-order valence-electron chi connectivity index (χ1n) is 12.2. The second kappa shape index (κ2) is 11.9. The van der Waals surface area contributed by atoms with Crippen LogP contribution >= 0.6 is 11.8 Å². The zero-order chi connectivity index (χ0) is 25.6. The van der Waals surface area contributed by atoms with Crippen molar-refractivity contribution >= 4 is 29.4 Å². The van der Waals surface area contributed by atoms with Gasteiger partial charge in [-0.25, -0.2) is 13.6 Å². The molecule has 2 N–H and O–H groups in total. The number of hydrogen-bond donors (Lipinski definition) is 2. The van der Waals surface area contributed by atoms with Crippen molar-refractivity contribution < 1.29 is 23.5 Å². The van der Waals surface area contributed by atoms with E-state index in [9.17, 15) is 23.5 Å². The summed E-state index contributed by atoms with van der Waals surface area (Å²) in [6.07, 6.45) is 6.55. The highest BCUT2D eigenvalue weighted by Gasteiger charge is 2.32. The molecule has 2 amide bonds. The molecule has 0 saturated carbocycles. The third-order valence-electron chi connectivity index (χ3n) is 6.35. The Morgan fingerprint density at radius 2 is 1.77 bits per heavy atom. The van der Waals surface area contributed by atoms with Gasteiger partial charge in [0.1, 0.15) is 16.4 Å². The number of halogens is 2. The number of unbranched alkanes of at least 4 members (excludes halogenated alkanes) is 4. The number of nitrogens with one attached hydrogen (secondary N) is 1. The Balaban J connectivity index is 1.74. The number of carboxylic acid groups (broad SMARTS) is 1. The van der Waals surface area contributed by atoms with Crippen LogP contribution in [0.15, 0.2) is 41.3 Å². The minimum Gasteiger partial charge on any atom is -0.480 e. The lowest BCUT2D eigenvalue weighted by Crippen LogP contribution is -2.44. The summed E-state index contributed by atoms with van der Waals surface area (Å²) in [4.78, 5) is 27.4. The first-order valence-corrected chi connectivity index (χ1v) is 13.0. The maximum atomic E-state index is 14.2. The summed E-state index contributed by atoms with van der Waals surface area (Å²) in [5.74, 6) is -2.38. The number of nitrogens with zero attached hydrogens (tertiary/aromatic N) is 1. The van der Waals surface area contributed by atoms with Crippen LogP contribution in [0.25, 0.3) is 0 Å². The number of anilines is 1. The van der Waals surface area contributed by atoms with Crippen molar-refractivity contribution in [2.45, 2.75) is 81.4 Å². The van der Waals surface area contributed by atoms with Crippen LogP contribution in [0, 0.1) is 11.6 Å². The molecule has 0 fully saturated rings. The van der Waals surface area contributed by atoms with Gasteiger partial charge in [-0.1, -0.05) is 38.7 Å². The van der Waals surface area contributed by atoms with Gasteiger partial charge in [0.05, 0.1) is 5.69 Å². The number of urea groups is 1. The Labute approximate surface area is 210 Å². The topological polar surface area (TPSA) is 69.6 Å². The Kier molecular flexibility index (Phi) is 9.16. The molecule has 0 aromatic heterocycles. The quantitative estimate of drug-likeness (QED) is 0.258. The number of carbonyl (C=O) groups excluding carboxylic acids is 1. The van der Waals surface area contributed by atoms with Gasteiger partial charge in [0.25, 0.3) is 0 Å². The molecule has 0 saturated heterocycles. The van der Waals surface area contributed by atoms with Gasteiger partial charge in [-0.15, -0.1) is 11.8 Å². The average Bonchev–Trinajstić information content (AvgIpc) is 3.20. The molecule has 1 unspecified atom stereocenters. The number of carboxylic acids is 1. The summed E-state index contributed by atoms with van der Waals surface area (Å²) >= 11 is 1.30. The largest absolute Gasteiger partial charge is 0.480 e. The number of hydrogen-bond acceptors (Lipinski definition) is 3.